The minimum atomic E-state index is 0.598. The Bertz CT molecular complexity index is 899. The van der Waals surface area contributed by atoms with Crippen LogP contribution >= 0.6 is 0 Å². The fourth-order valence-corrected chi connectivity index (χ4v) is 3.11. The summed E-state index contributed by atoms with van der Waals surface area (Å²) in [5, 5.41) is 11.6. The Balaban J connectivity index is 1.38. The van der Waals surface area contributed by atoms with E-state index in [9.17, 15) is 0 Å². The van der Waals surface area contributed by atoms with Crippen molar-refractivity contribution in [2.45, 2.75) is 6.54 Å². The summed E-state index contributed by atoms with van der Waals surface area (Å²) in [5.41, 5.74) is 1.06. The zero-order valence-electron chi connectivity index (χ0n) is 15.7. The molecule has 3 heterocycles. The standard InChI is InChI=1S/C19H22N8O/c1-28-16-6-3-2-5-15(16)13-22-17-14-23-25-19(24-17)27-11-9-26(10-12-27)18-20-7-4-8-21-18/h2-8,14H,9-13H2,1H3,(H,22,24,25). The molecule has 9 nitrogen and oxygen atoms in total. The van der Waals surface area contributed by atoms with Crippen molar-refractivity contribution in [3.05, 3.63) is 54.5 Å². The lowest BCUT2D eigenvalue weighted by atomic mass is 10.2. The van der Waals surface area contributed by atoms with Gasteiger partial charge in [-0.2, -0.15) is 10.1 Å². The smallest absolute Gasteiger partial charge is 0.247 e. The van der Waals surface area contributed by atoms with E-state index in [0.717, 1.165) is 43.4 Å². The topological polar surface area (TPSA) is 92.2 Å². The van der Waals surface area contributed by atoms with Gasteiger partial charge in [-0.3, -0.25) is 0 Å². The molecule has 0 spiro atoms. The molecule has 1 saturated heterocycles. The number of anilines is 3. The largest absolute Gasteiger partial charge is 0.496 e. The van der Waals surface area contributed by atoms with Gasteiger partial charge in [0.05, 0.1) is 13.3 Å². The maximum atomic E-state index is 5.39. The Morgan fingerprint density at radius 2 is 1.68 bits per heavy atom. The number of hydrogen-bond donors (Lipinski definition) is 1. The van der Waals surface area contributed by atoms with Crippen LogP contribution in [-0.2, 0) is 6.54 Å². The molecule has 3 aromatic rings. The number of para-hydroxylation sites is 1. The molecule has 0 saturated carbocycles. The number of piperazine rings is 1. The maximum absolute atomic E-state index is 5.39. The molecular formula is C19H22N8O. The fraction of sp³-hybridized carbons (Fsp3) is 0.316. The molecule has 1 fully saturated rings. The van der Waals surface area contributed by atoms with Gasteiger partial charge in [0.1, 0.15) is 5.75 Å². The molecule has 1 aromatic carbocycles. The number of hydrogen-bond acceptors (Lipinski definition) is 9. The van der Waals surface area contributed by atoms with E-state index in [1.165, 1.54) is 0 Å². The zero-order chi connectivity index (χ0) is 19.2. The molecule has 2 aromatic heterocycles. The third kappa shape index (κ3) is 4.08. The highest BCUT2D eigenvalue weighted by molar-refractivity contribution is 5.43. The molecule has 1 aliphatic rings. The Labute approximate surface area is 163 Å². The summed E-state index contributed by atoms with van der Waals surface area (Å²) in [6.07, 6.45) is 5.16. The highest BCUT2D eigenvalue weighted by atomic mass is 16.5. The lowest BCUT2D eigenvalue weighted by molar-refractivity contribution is 0.410. The van der Waals surface area contributed by atoms with E-state index in [1.807, 2.05) is 30.3 Å². The number of nitrogens with zero attached hydrogens (tertiary/aromatic N) is 7. The summed E-state index contributed by atoms with van der Waals surface area (Å²) in [7, 11) is 1.67. The van der Waals surface area contributed by atoms with Gasteiger partial charge in [0.2, 0.25) is 11.9 Å². The van der Waals surface area contributed by atoms with Crippen molar-refractivity contribution < 1.29 is 4.74 Å². The second kappa shape index (κ2) is 8.47. The van der Waals surface area contributed by atoms with E-state index < -0.39 is 0 Å². The maximum Gasteiger partial charge on any atom is 0.247 e. The first-order valence-electron chi connectivity index (χ1n) is 9.16. The molecule has 0 aliphatic carbocycles. The van der Waals surface area contributed by atoms with Crippen molar-refractivity contribution in [3.63, 3.8) is 0 Å². The predicted molar refractivity (Wildman–Crippen MR) is 107 cm³/mol. The first-order valence-corrected chi connectivity index (χ1v) is 9.16. The number of ether oxygens (including phenoxy) is 1. The lowest BCUT2D eigenvalue weighted by Gasteiger charge is -2.34. The van der Waals surface area contributed by atoms with E-state index in [-0.39, 0.29) is 0 Å². The van der Waals surface area contributed by atoms with Crippen LogP contribution in [0.3, 0.4) is 0 Å². The molecule has 0 radical (unpaired) electrons. The number of methoxy groups -OCH3 is 1. The molecule has 144 valence electrons. The van der Waals surface area contributed by atoms with Gasteiger partial charge in [0, 0.05) is 50.7 Å². The van der Waals surface area contributed by atoms with Crippen molar-refractivity contribution in [2.75, 3.05) is 48.4 Å². The van der Waals surface area contributed by atoms with Gasteiger partial charge in [0.15, 0.2) is 5.82 Å². The van der Waals surface area contributed by atoms with Crippen LogP contribution in [0, 0.1) is 0 Å². The Hall–Kier alpha value is -3.49. The number of nitrogens with one attached hydrogen (secondary N) is 1. The zero-order valence-corrected chi connectivity index (χ0v) is 15.7. The van der Waals surface area contributed by atoms with Crippen LogP contribution in [-0.4, -0.2) is 58.4 Å². The van der Waals surface area contributed by atoms with Crippen LogP contribution in [0.5, 0.6) is 5.75 Å². The quantitative estimate of drug-likeness (QED) is 0.686. The normalized spacial score (nSPS) is 14.0. The molecule has 0 unspecified atom stereocenters. The average Bonchev–Trinajstić information content (AvgIpc) is 2.79. The predicted octanol–water partition coefficient (Wildman–Crippen LogP) is 1.61. The lowest BCUT2D eigenvalue weighted by Crippen LogP contribution is -2.47. The minimum Gasteiger partial charge on any atom is -0.496 e. The number of benzene rings is 1. The Kier molecular flexibility index (Phi) is 5.41. The van der Waals surface area contributed by atoms with Gasteiger partial charge in [-0.15, -0.1) is 5.10 Å². The number of aromatic nitrogens is 5. The van der Waals surface area contributed by atoms with Gasteiger partial charge >= 0.3 is 0 Å². The van der Waals surface area contributed by atoms with Crippen LogP contribution in [0.4, 0.5) is 17.7 Å². The van der Waals surface area contributed by atoms with E-state index in [1.54, 1.807) is 25.7 Å². The van der Waals surface area contributed by atoms with E-state index >= 15 is 0 Å². The SMILES string of the molecule is COc1ccccc1CNc1cnnc(N2CCN(c3ncccn3)CC2)n1. The van der Waals surface area contributed by atoms with Crippen LogP contribution in [0.2, 0.25) is 0 Å². The summed E-state index contributed by atoms with van der Waals surface area (Å²) >= 11 is 0. The Morgan fingerprint density at radius 1 is 0.964 bits per heavy atom. The van der Waals surface area contributed by atoms with Gasteiger partial charge in [0.25, 0.3) is 0 Å². The van der Waals surface area contributed by atoms with Crippen LogP contribution in [0.15, 0.2) is 48.9 Å². The third-order valence-electron chi connectivity index (χ3n) is 4.60. The van der Waals surface area contributed by atoms with Crippen molar-refractivity contribution >= 4 is 17.7 Å². The van der Waals surface area contributed by atoms with Crippen LogP contribution < -0.4 is 19.9 Å². The second-order valence-corrected chi connectivity index (χ2v) is 6.33. The molecule has 4 rings (SSSR count). The van der Waals surface area contributed by atoms with Crippen LogP contribution in [0.1, 0.15) is 5.56 Å². The highest BCUT2D eigenvalue weighted by Crippen LogP contribution is 2.19. The molecule has 28 heavy (non-hydrogen) atoms. The van der Waals surface area contributed by atoms with E-state index in [4.69, 9.17) is 4.74 Å². The van der Waals surface area contributed by atoms with Gasteiger partial charge in [-0.25, -0.2) is 9.97 Å². The summed E-state index contributed by atoms with van der Waals surface area (Å²) in [4.78, 5) is 17.5. The molecule has 0 atom stereocenters. The molecule has 0 bridgehead atoms. The number of rotatable bonds is 6. The summed E-state index contributed by atoms with van der Waals surface area (Å²) < 4.78 is 5.39. The summed E-state index contributed by atoms with van der Waals surface area (Å²) in [6, 6.07) is 9.72. The van der Waals surface area contributed by atoms with E-state index in [0.29, 0.717) is 18.3 Å². The summed E-state index contributed by atoms with van der Waals surface area (Å²) in [5.74, 6) is 2.91. The van der Waals surface area contributed by atoms with Crippen molar-refractivity contribution in [3.8, 4) is 5.75 Å². The minimum absolute atomic E-state index is 0.598. The average molecular weight is 378 g/mol. The van der Waals surface area contributed by atoms with Gasteiger partial charge in [-0.1, -0.05) is 18.2 Å². The molecular weight excluding hydrogens is 356 g/mol. The molecule has 9 heteroatoms. The van der Waals surface area contributed by atoms with Crippen molar-refractivity contribution in [1.82, 2.24) is 25.1 Å². The monoisotopic (exact) mass is 378 g/mol. The fourth-order valence-electron chi connectivity index (χ4n) is 3.11. The molecule has 1 N–H and O–H groups in total. The third-order valence-corrected chi connectivity index (χ3v) is 4.60. The van der Waals surface area contributed by atoms with Crippen LogP contribution in [0.25, 0.3) is 0 Å². The first-order chi connectivity index (χ1) is 13.8. The summed E-state index contributed by atoms with van der Waals surface area (Å²) in [6.45, 7) is 3.80. The highest BCUT2D eigenvalue weighted by Gasteiger charge is 2.21. The van der Waals surface area contributed by atoms with Crippen molar-refractivity contribution in [2.24, 2.45) is 0 Å². The van der Waals surface area contributed by atoms with E-state index in [2.05, 4.69) is 40.3 Å². The molecule has 1 aliphatic heterocycles. The van der Waals surface area contributed by atoms with Gasteiger partial charge < -0.3 is 19.9 Å². The van der Waals surface area contributed by atoms with Crippen molar-refractivity contribution in [1.29, 1.82) is 0 Å². The molecule has 0 amide bonds. The Morgan fingerprint density at radius 3 is 2.43 bits per heavy atom. The van der Waals surface area contributed by atoms with Gasteiger partial charge in [-0.05, 0) is 12.1 Å². The first kappa shape index (κ1) is 17.9. The second-order valence-electron chi connectivity index (χ2n) is 6.33.